The van der Waals surface area contributed by atoms with Gasteiger partial charge in [-0.15, -0.1) is 0 Å². The van der Waals surface area contributed by atoms with E-state index >= 15 is 4.39 Å². The molecule has 0 unspecified atom stereocenters. The first-order chi connectivity index (χ1) is 20.9. The van der Waals surface area contributed by atoms with E-state index < -0.39 is 23.5 Å². The van der Waals surface area contributed by atoms with Crippen LogP contribution in [0.4, 0.5) is 34.3 Å². The van der Waals surface area contributed by atoms with Gasteiger partial charge < -0.3 is 20.2 Å². The van der Waals surface area contributed by atoms with Crippen LogP contribution in [0.2, 0.25) is 5.02 Å². The summed E-state index contributed by atoms with van der Waals surface area (Å²) >= 11 is 7.36. The maximum absolute atomic E-state index is 15.8. The van der Waals surface area contributed by atoms with Crippen LogP contribution in [0.3, 0.4) is 0 Å². The smallest absolute Gasteiger partial charge is 0.416 e. The third-order valence-corrected chi connectivity index (χ3v) is 9.45. The Morgan fingerprint density at radius 2 is 2.00 bits per heavy atom. The number of carboxylic acid groups (broad SMARTS) is 1. The zero-order valence-electron chi connectivity index (χ0n) is 24.4. The number of likely N-dealkylation sites (N-methyl/N-ethyl adjacent to an activating group) is 1. The number of nitrogens with one attached hydrogen (secondary N) is 1. The molecule has 4 heterocycles. The van der Waals surface area contributed by atoms with Gasteiger partial charge in [-0.1, -0.05) is 37.3 Å². The highest BCUT2D eigenvalue weighted by Crippen LogP contribution is 2.40. The molecule has 9 nitrogen and oxygen atoms in total. The fourth-order valence-corrected chi connectivity index (χ4v) is 7.14. The Morgan fingerprint density at radius 3 is 2.71 bits per heavy atom. The van der Waals surface area contributed by atoms with E-state index in [9.17, 15) is 18.0 Å². The van der Waals surface area contributed by atoms with Gasteiger partial charge >= 0.3 is 12.1 Å². The molecule has 2 atom stereocenters. The summed E-state index contributed by atoms with van der Waals surface area (Å²) in [7, 11) is 1.85. The standard InChI is InChI=1S/C29H34ClF4N7O2S.CH4/c1-3-20-5-4-8-40(20)15-22-25(17-11-18(29(32,33)34)13-19(30)12-17)37-28(44-22)38-26-24(31)27(36-16-35-26)41-10-6-21(14-41)39(2)9-7-23(42)43;/h11-13,16,20-21H,3-10,14-15H2,1-2H3,(H,42,43)(H,35,36,37,38);1H4/t20-,21+;/m1./s1. The van der Waals surface area contributed by atoms with Crippen LogP contribution in [0, 0.1) is 5.82 Å². The number of likely N-dealkylation sites (tertiary alicyclic amines) is 1. The normalized spacial score (nSPS) is 18.9. The van der Waals surface area contributed by atoms with Gasteiger partial charge in [-0.25, -0.2) is 15.0 Å². The highest BCUT2D eigenvalue weighted by Gasteiger charge is 2.33. The lowest BCUT2D eigenvalue weighted by molar-refractivity contribution is -0.138. The molecule has 0 bridgehead atoms. The molecule has 15 heteroatoms. The minimum absolute atomic E-state index is 0. The van der Waals surface area contributed by atoms with Crippen molar-refractivity contribution in [1.29, 1.82) is 0 Å². The van der Waals surface area contributed by atoms with E-state index in [1.54, 1.807) is 4.90 Å². The maximum atomic E-state index is 15.8. The number of nitrogens with zero attached hydrogens (tertiary/aromatic N) is 6. The number of carboxylic acids is 1. The number of anilines is 3. The number of aromatic nitrogens is 3. The summed E-state index contributed by atoms with van der Waals surface area (Å²) in [5.41, 5.74) is -0.283. The van der Waals surface area contributed by atoms with E-state index in [4.69, 9.17) is 16.7 Å². The van der Waals surface area contributed by atoms with Gasteiger partial charge in [0.2, 0.25) is 5.82 Å². The van der Waals surface area contributed by atoms with Crippen LogP contribution in [0.1, 0.15) is 56.9 Å². The summed E-state index contributed by atoms with van der Waals surface area (Å²) in [4.78, 5) is 30.6. The Balaban J connectivity index is 0.00000461. The monoisotopic (exact) mass is 671 g/mol. The number of benzene rings is 1. The second-order valence-corrected chi connectivity index (χ2v) is 12.7. The number of hydrogen-bond acceptors (Lipinski definition) is 9. The largest absolute Gasteiger partial charge is 0.481 e. The summed E-state index contributed by atoms with van der Waals surface area (Å²) in [6, 6.07) is 3.79. The van der Waals surface area contributed by atoms with Crippen molar-refractivity contribution in [2.45, 2.75) is 71.3 Å². The molecule has 2 saturated heterocycles. The molecule has 2 aliphatic rings. The molecule has 0 aliphatic carbocycles. The van der Waals surface area contributed by atoms with Crippen molar-refractivity contribution in [3.05, 3.63) is 45.8 Å². The van der Waals surface area contributed by atoms with Crippen LogP contribution < -0.4 is 10.2 Å². The van der Waals surface area contributed by atoms with E-state index in [1.165, 1.54) is 23.7 Å². The second-order valence-electron chi connectivity index (χ2n) is 11.2. The Morgan fingerprint density at radius 1 is 1.22 bits per heavy atom. The number of aliphatic carboxylic acids is 1. The van der Waals surface area contributed by atoms with Crippen molar-refractivity contribution in [2.24, 2.45) is 0 Å². The van der Waals surface area contributed by atoms with Crippen LogP contribution in [-0.4, -0.2) is 81.1 Å². The highest BCUT2D eigenvalue weighted by molar-refractivity contribution is 7.16. The van der Waals surface area contributed by atoms with Gasteiger partial charge in [-0.3, -0.25) is 9.69 Å². The van der Waals surface area contributed by atoms with Gasteiger partial charge in [0.15, 0.2) is 16.8 Å². The van der Waals surface area contributed by atoms with Crippen molar-refractivity contribution in [3.63, 3.8) is 0 Å². The first kappa shape index (κ1) is 34.8. The molecule has 0 spiro atoms. The van der Waals surface area contributed by atoms with Crippen molar-refractivity contribution in [3.8, 4) is 11.3 Å². The van der Waals surface area contributed by atoms with E-state index in [-0.39, 0.29) is 47.2 Å². The summed E-state index contributed by atoms with van der Waals surface area (Å²) < 4.78 is 56.7. The average molecular weight is 672 g/mol. The van der Waals surface area contributed by atoms with Gasteiger partial charge in [-0.2, -0.15) is 17.6 Å². The predicted molar refractivity (Wildman–Crippen MR) is 169 cm³/mol. The minimum Gasteiger partial charge on any atom is -0.481 e. The van der Waals surface area contributed by atoms with Crippen LogP contribution >= 0.6 is 22.9 Å². The Kier molecular flexibility index (Phi) is 11.3. The predicted octanol–water partition coefficient (Wildman–Crippen LogP) is 7.15. The van der Waals surface area contributed by atoms with Gasteiger partial charge in [0.25, 0.3) is 0 Å². The first-order valence-electron chi connectivity index (χ1n) is 14.5. The Bertz CT molecular complexity index is 1490. The first-order valence-corrected chi connectivity index (χ1v) is 15.7. The fourth-order valence-electron chi connectivity index (χ4n) is 5.90. The molecule has 0 amide bonds. The molecule has 5 rings (SSSR count). The second kappa shape index (κ2) is 14.6. The van der Waals surface area contributed by atoms with E-state index in [0.29, 0.717) is 37.9 Å². The van der Waals surface area contributed by atoms with Gasteiger partial charge in [-0.05, 0) is 57.5 Å². The lowest BCUT2D eigenvalue weighted by atomic mass is 10.1. The van der Waals surface area contributed by atoms with Gasteiger partial charge in [0.05, 0.1) is 17.7 Å². The molecule has 3 aromatic rings. The van der Waals surface area contributed by atoms with Gasteiger partial charge in [0.1, 0.15) is 6.33 Å². The zero-order valence-corrected chi connectivity index (χ0v) is 25.9. The third kappa shape index (κ3) is 8.21. The lowest BCUT2D eigenvalue weighted by Gasteiger charge is -2.24. The average Bonchev–Trinajstić information content (AvgIpc) is 3.72. The van der Waals surface area contributed by atoms with Crippen molar-refractivity contribution >= 4 is 45.7 Å². The quantitative estimate of drug-likeness (QED) is 0.206. The van der Waals surface area contributed by atoms with Crippen molar-refractivity contribution in [1.82, 2.24) is 24.8 Å². The topological polar surface area (TPSA) is 97.7 Å². The molecule has 0 radical (unpaired) electrons. The van der Waals surface area contributed by atoms with Crippen LogP contribution in [0.25, 0.3) is 11.3 Å². The molecule has 2 aliphatic heterocycles. The lowest BCUT2D eigenvalue weighted by Crippen LogP contribution is -2.36. The summed E-state index contributed by atoms with van der Waals surface area (Å²) in [5, 5.41) is 12.2. The fraction of sp³-hybridized carbons (Fsp3) is 0.533. The SMILES string of the molecule is C.CC[C@@H]1CCCN1Cc1sc(Nc2ncnc(N3CC[C@H](N(C)CCC(=O)O)C3)c2F)nc1-c1cc(Cl)cc(C(F)(F)F)c1. The Hall–Kier alpha value is -3.07. The van der Waals surface area contributed by atoms with Crippen LogP contribution in [-0.2, 0) is 17.5 Å². The molecule has 2 aromatic heterocycles. The number of hydrogen-bond donors (Lipinski definition) is 2. The van der Waals surface area contributed by atoms with Crippen LogP contribution in [0.5, 0.6) is 0 Å². The zero-order chi connectivity index (χ0) is 31.6. The van der Waals surface area contributed by atoms with Crippen molar-refractivity contribution < 1.29 is 27.5 Å². The Labute approximate surface area is 269 Å². The minimum atomic E-state index is -4.58. The van der Waals surface area contributed by atoms with Crippen molar-refractivity contribution in [2.75, 3.05) is 43.4 Å². The third-order valence-electron chi connectivity index (χ3n) is 8.27. The number of rotatable bonds is 11. The van der Waals surface area contributed by atoms with Crippen LogP contribution in [0.15, 0.2) is 24.5 Å². The molecular weight excluding hydrogens is 634 g/mol. The molecule has 0 saturated carbocycles. The summed E-state index contributed by atoms with van der Waals surface area (Å²) in [6.07, 6.45) is 0.442. The van der Waals surface area contributed by atoms with E-state index in [1.807, 2.05) is 11.9 Å². The molecule has 2 fully saturated rings. The van der Waals surface area contributed by atoms with Gasteiger partial charge in [0, 0.05) is 53.7 Å². The maximum Gasteiger partial charge on any atom is 0.416 e. The summed E-state index contributed by atoms with van der Waals surface area (Å²) in [6.45, 7) is 4.86. The molecular formula is C30H38ClF4N7O2S. The van der Waals surface area contributed by atoms with E-state index in [0.717, 1.165) is 49.2 Å². The number of carbonyl (C=O) groups is 1. The highest BCUT2D eigenvalue weighted by atomic mass is 35.5. The van der Waals surface area contributed by atoms with E-state index in [2.05, 4.69) is 32.1 Å². The molecule has 2 N–H and O–H groups in total. The number of halogens is 5. The molecule has 1 aromatic carbocycles. The number of alkyl halides is 3. The summed E-state index contributed by atoms with van der Waals surface area (Å²) in [5.74, 6) is -1.53. The molecule has 246 valence electrons. The molecule has 45 heavy (non-hydrogen) atoms. The number of thiazole rings is 1.